The second-order valence-corrected chi connectivity index (χ2v) is 4.33. The summed E-state index contributed by atoms with van der Waals surface area (Å²) < 4.78 is 24.1. The van der Waals surface area contributed by atoms with Crippen LogP contribution in [0.3, 0.4) is 0 Å². The standard InChI is InChI=1S/C13H16FNO4/c1-18-11-4-2-3-9(12(11)14)7-15-5-6-19-8-10(15)13(16)17/h2-4,10H,5-8H2,1H3,(H,16,17). The summed E-state index contributed by atoms with van der Waals surface area (Å²) in [6, 6.07) is 4.12. The van der Waals surface area contributed by atoms with Gasteiger partial charge in [-0.2, -0.15) is 0 Å². The second kappa shape index (κ2) is 5.99. The Labute approximate surface area is 110 Å². The van der Waals surface area contributed by atoms with Crippen LogP contribution in [0.2, 0.25) is 0 Å². The quantitative estimate of drug-likeness (QED) is 0.887. The Kier molecular flexibility index (Phi) is 4.34. The van der Waals surface area contributed by atoms with Crippen LogP contribution in [0.25, 0.3) is 0 Å². The maximum absolute atomic E-state index is 14.0. The molecule has 1 atom stereocenters. The van der Waals surface area contributed by atoms with E-state index >= 15 is 0 Å². The molecule has 0 aliphatic carbocycles. The molecule has 0 spiro atoms. The third-order valence-electron chi connectivity index (χ3n) is 3.16. The van der Waals surface area contributed by atoms with Crippen LogP contribution in [0, 0.1) is 5.82 Å². The van der Waals surface area contributed by atoms with Crippen molar-refractivity contribution in [1.82, 2.24) is 4.90 Å². The number of hydrogen-bond donors (Lipinski definition) is 1. The van der Waals surface area contributed by atoms with E-state index < -0.39 is 17.8 Å². The van der Waals surface area contributed by atoms with E-state index in [2.05, 4.69) is 0 Å². The zero-order valence-electron chi connectivity index (χ0n) is 10.6. The third-order valence-corrected chi connectivity index (χ3v) is 3.16. The largest absolute Gasteiger partial charge is 0.494 e. The van der Waals surface area contributed by atoms with Gasteiger partial charge in [0.2, 0.25) is 0 Å². The summed E-state index contributed by atoms with van der Waals surface area (Å²) in [5.41, 5.74) is 0.424. The number of halogens is 1. The summed E-state index contributed by atoms with van der Waals surface area (Å²) in [7, 11) is 1.40. The Morgan fingerprint density at radius 2 is 2.42 bits per heavy atom. The number of morpholine rings is 1. The fourth-order valence-corrected chi connectivity index (χ4v) is 2.11. The van der Waals surface area contributed by atoms with Gasteiger partial charge in [0.25, 0.3) is 0 Å². The summed E-state index contributed by atoms with van der Waals surface area (Å²) in [4.78, 5) is 12.8. The van der Waals surface area contributed by atoms with Crippen LogP contribution >= 0.6 is 0 Å². The Morgan fingerprint density at radius 3 is 3.11 bits per heavy atom. The summed E-state index contributed by atoms with van der Waals surface area (Å²) in [5, 5.41) is 9.12. The second-order valence-electron chi connectivity index (χ2n) is 4.33. The van der Waals surface area contributed by atoms with Crippen molar-refractivity contribution in [3.63, 3.8) is 0 Å². The Hall–Kier alpha value is -1.66. The Bertz CT molecular complexity index is 466. The maximum atomic E-state index is 14.0. The lowest BCUT2D eigenvalue weighted by Crippen LogP contribution is -2.49. The summed E-state index contributed by atoms with van der Waals surface area (Å²) in [5.74, 6) is -1.23. The molecule has 1 aromatic carbocycles. The fourth-order valence-electron chi connectivity index (χ4n) is 2.11. The Balaban J connectivity index is 2.17. The molecule has 0 amide bonds. The number of carboxylic acids is 1. The summed E-state index contributed by atoms with van der Waals surface area (Å²) in [6.45, 7) is 1.27. The number of ether oxygens (including phenoxy) is 2. The topological polar surface area (TPSA) is 59.0 Å². The lowest BCUT2D eigenvalue weighted by molar-refractivity contribution is -0.150. The maximum Gasteiger partial charge on any atom is 0.323 e. The molecule has 1 unspecified atom stereocenters. The van der Waals surface area contributed by atoms with Crippen molar-refractivity contribution in [2.75, 3.05) is 26.9 Å². The highest BCUT2D eigenvalue weighted by Crippen LogP contribution is 2.22. The van der Waals surface area contributed by atoms with Gasteiger partial charge in [-0.3, -0.25) is 9.69 Å². The number of hydrogen-bond acceptors (Lipinski definition) is 4. The first-order valence-corrected chi connectivity index (χ1v) is 5.99. The van der Waals surface area contributed by atoms with E-state index in [4.69, 9.17) is 14.6 Å². The number of carbonyl (C=O) groups is 1. The average molecular weight is 269 g/mol. The van der Waals surface area contributed by atoms with Gasteiger partial charge in [-0.1, -0.05) is 12.1 Å². The van der Waals surface area contributed by atoms with Crippen molar-refractivity contribution in [3.8, 4) is 5.75 Å². The molecular weight excluding hydrogens is 253 g/mol. The fraction of sp³-hybridized carbons (Fsp3) is 0.462. The van der Waals surface area contributed by atoms with Crippen LogP contribution in [-0.4, -0.2) is 48.9 Å². The summed E-state index contributed by atoms with van der Waals surface area (Å²) >= 11 is 0. The molecule has 5 nitrogen and oxygen atoms in total. The molecule has 1 heterocycles. The number of methoxy groups -OCH3 is 1. The van der Waals surface area contributed by atoms with Crippen LogP contribution in [-0.2, 0) is 16.1 Å². The van der Waals surface area contributed by atoms with E-state index in [9.17, 15) is 9.18 Å². The number of nitrogens with zero attached hydrogens (tertiary/aromatic N) is 1. The smallest absolute Gasteiger partial charge is 0.323 e. The highest BCUT2D eigenvalue weighted by Gasteiger charge is 2.29. The van der Waals surface area contributed by atoms with Crippen molar-refractivity contribution in [2.24, 2.45) is 0 Å². The third kappa shape index (κ3) is 3.02. The van der Waals surface area contributed by atoms with Crippen LogP contribution in [0.5, 0.6) is 5.75 Å². The van der Waals surface area contributed by atoms with Gasteiger partial charge in [-0.15, -0.1) is 0 Å². The summed E-state index contributed by atoms with van der Waals surface area (Å²) in [6.07, 6.45) is 0. The SMILES string of the molecule is COc1cccc(CN2CCOCC2C(=O)O)c1F. The van der Waals surface area contributed by atoms with Gasteiger partial charge in [0.15, 0.2) is 11.6 Å². The molecule has 0 aromatic heterocycles. The first-order chi connectivity index (χ1) is 9.13. The van der Waals surface area contributed by atoms with E-state index in [-0.39, 0.29) is 18.9 Å². The molecule has 1 N–H and O–H groups in total. The van der Waals surface area contributed by atoms with Crippen molar-refractivity contribution < 1.29 is 23.8 Å². The van der Waals surface area contributed by atoms with Crippen LogP contribution in [0.15, 0.2) is 18.2 Å². The minimum atomic E-state index is -0.956. The van der Waals surface area contributed by atoms with E-state index in [1.54, 1.807) is 17.0 Å². The number of benzene rings is 1. The molecular formula is C13H16FNO4. The molecule has 0 bridgehead atoms. The number of rotatable bonds is 4. The lowest BCUT2D eigenvalue weighted by atomic mass is 10.1. The van der Waals surface area contributed by atoms with Gasteiger partial charge in [-0.25, -0.2) is 4.39 Å². The first-order valence-electron chi connectivity index (χ1n) is 5.99. The van der Waals surface area contributed by atoms with Crippen molar-refractivity contribution in [1.29, 1.82) is 0 Å². The molecule has 0 radical (unpaired) electrons. The number of aliphatic carboxylic acids is 1. The molecule has 1 fully saturated rings. The molecule has 6 heteroatoms. The van der Waals surface area contributed by atoms with Crippen LogP contribution in [0.1, 0.15) is 5.56 Å². The zero-order valence-corrected chi connectivity index (χ0v) is 10.6. The van der Waals surface area contributed by atoms with E-state index in [0.717, 1.165) is 0 Å². The van der Waals surface area contributed by atoms with E-state index in [0.29, 0.717) is 18.7 Å². The molecule has 19 heavy (non-hydrogen) atoms. The molecule has 1 aliphatic heterocycles. The first kappa shape index (κ1) is 13.8. The normalized spacial score (nSPS) is 20.2. The number of carboxylic acid groups (broad SMARTS) is 1. The van der Waals surface area contributed by atoms with Crippen LogP contribution < -0.4 is 4.74 Å². The van der Waals surface area contributed by atoms with Crippen molar-refractivity contribution in [2.45, 2.75) is 12.6 Å². The van der Waals surface area contributed by atoms with Gasteiger partial charge in [0, 0.05) is 18.7 Å². The zero-order chi connectivity index (χ0) is 13.8. The minimum absolute atomic E-state index is 0.126. The predicted octanol–water partition coefficient (Wildman–Crippen LogP) is 1.12. The molecule has 104 valence electrons. The van der Waals surface area contributed by atoms with Gasteiger partial charge in [0.05, 0.1) is 20.3 Å². The average Bonchev–Trinajstić information content (AvgIpc) is 2.41. The lowest BCUT2D eigenvalue weighted by Gasteiger charge is -2.32. The van der Waals surface area contributed by atoms with E-state index in [1.807, 2.05) is 0 Å². The van der Waals surface area contributed by atoms with Gasteiger partial charge in [0.1, 0.15) is 6.04 Å². The molecule has 1 aromatic rings. The van der Waals surface area contributed by atoms with Crippen LogP contribution in [0.4, 0.5) is 4.39 Å². The highest BCUT2D eigenvalue weighted by atomic mass is 19.1. The van der Waals surface area contributed by atoms with Crippen molar-refractivity contribution >= 4 is 5.97 Å². The highest BCUT2D eigenvalue weighted by molar-refractivity contribution is 5.73. The molecule has 2 rings (SSSR count). The molecule has 1 saturated heterocycles. The monoisotopic (exact) mass is 269 g/mol. The minimum Gasteiger partial charge on any atom is -0.494 e. The predicted molar refractivity (Wildman–Crippen MR) is 65.6 cm³/mol. The van der Waals surface area contributed by atoms with Gasteiger partial charge in [-0.05, 0) is 6.07 Å². The van der Waals surface area contributed by atoms with E-state index in [1.165, 1.54) is 13.2 Å². The molecule has 0 saturated carbocycles. The Morgan fingerprint density at radius 1 is 1.63 bits per heavy atom. The van der Waals surface area contributed by atoms with Gasteiger partial charge < -0.3 is 14.6 Å². The van der Waals surface area contributed by atoms with Crippen molar-refractivity contribution in [3.05, 3.63) is 29.6 Å². The molecule has 1 aliphatic rings. The van der Waals surface area contributed by atoms with Gasteiger partial charge >= 0.3 is 5.97 Å².